The zero-order valence-electron chi connectivity index (χ0n) is 29.9. The number of carbonyl (C=O) groups excluding carboxylic acids is 5. The lowest BCUT2D eigenvalue weighted by molar-refractivity contribution is -0.326. The minimum atomic E-state index is -1.30. The van der Waals surface area contributed by atoms with Crippen molar-refractivity contribution in [2.45, 2.75) is 123 Å². The van der Waals surface area contributed by atoms with Crippen LogP contribution in [0.15, 0.2) is 34.7 Å². The van der Waals surface area contributed by atoms with Crippen LogP contribution in [0.25, 0.3) is 0 Å². The highest BCUT2D eigenvalue weighted by molar-refractivity contribution is 5.87. The van der Waals surface area contributed by atoms with Gasteiger partial charge in [0, 0.05) is 71.8 Å². The van der Waals surface area contributed by atoms with Crippen LogP contribution in [0, 0.1) is 33.5 Å². The van der Waals surface area contributed by atoms with Crippen LogP contribution in [0.1, 0.15) is 86.8 Å². The summed E-state index contributed by atoms with van der Waals surface area (Å²) in [6.07, 6.45) is -1.24. The molecule has 6 fully saturated rings. The molecule has 0 amide bonds. The first-order valence-corrected chi connectivity index (χ1v) is 17.3. The van der Waals surface area contributed by atoms with E-state index >= 15 is 0 Å². The molecule has 1 aromatic rings. The van der Waals surface area contributed by atoms with E-state index in [1.54, 1.807) is 26.0 Å². The molecule has 4 heterocycles. The lowest BCUT2D eigenvalue weighted by Gasteiger charge is -2.72. The highest BCUT2D eigenvalue weighted by Gasteiger charge is 2.92. The number of carbonyl (C=O) groups is 5. The second kappa shape index (κ2) is 11.1. The van der Waals surface area contributed by atoms with E-state index in [0.29, 0.717) is 11.1 Å². The van der Waals surface area contributed by atoms with Crippen LogP contribution in [0.4, 0.5) is 0 Å². The van der Waals surface area contributed by atoms with E-state index in [1.165, 1.54) is 33.3 Å². The molecule has 272 valence electrons. The van der Waals surface area contributed by atoms with E-state index in [1.807, 2.05) is 27.7 Å². The standard InChI is InChI=1S/C37H46O13/c1-10-17(2)31(41)48-23-13-24(46-19(4)39)35(8)26-22(45-18(3)38)14-34(7)28(21-11-12-43-15-21)49-32(42)30-37(34,50-30)36(26,9)29(47-20(5)40)25-27(35)33(23,6)16-44-25/h10-12,15,22-30H,13-14,16H2,1-9H3/t22-,23+,24-,25+,26+,27-,28-,29+,30+,33+,34-,35+,36-,37+/m0/s1. The number of rotatable bonds is 6. The second-order valence-corrected chi connectivity index (χ2v) is 16.0. The second-order valence-electron chi connectivity index (χ2n) is 16.0. The normalized spacial score (nSPS) is 46.9. The molecule has 1 spiro atoms. The Hall–Kier alpha value is -3.71. The Bertz CT molecular complexity index is 1670. The molecule has 0 unspecified atom stereocenters. The highest BCUT2D eigenvalue weighted by Crippen LogP contribution is 2.81. The summed E-state index contributed by atoms with van der Waals surface area (Å²) in [6, 6.07) is 1.72. The van der Waals surface area contributed by atoms with E-state index in [2.05, 4.69) is 0 Å². The maximum atomic E-state index is 13.8. The van der Waals surface area contributed by atoms with E-state index < -0.39 is 112 Å². The van der Waals surface area contributed by atoms with Gasteiger partial charge in [-0.3, -0.25) is 14.4 Å². The summed E-state index contributed by atoms with van der Waals surface area (Å²) in [4.78, 5) is 66.2. The summed E-state index contributed by atoms with van der Waals surface area (Å²) < 4.78 is 49.9. The molecule has 13 heteroatoms. The van der Waals surface area contributed by atoms with Crippen LogP contribution in [0.2, 0.25) is 0 Å². The first-order valence-electron chi connectivity index (χ1n) is 17.3. The molecule has 0 aromatic carbocycles. The number of allylic oxidation sites excluding steroid dienone is 1. The quantitative estimate of drug-likeness (QED) is 0.180. The van der Waals surface area contributed by atoms with Crippen molar-refractivity contribution in [3.63, 3.8) is 0 Å². The van der Waals surface area contributed by atoms with Gasteiger partial charge in [-0.2, -0.15) is 0 Å². The number of epoxide rings is 1. The summed E-state index contributed by atoms with van der Waals surface area (Å²) >= 11 is 0. The fourth-order valence-electron chi connectivity index (χ4n) is 11.7. The van der Waals surface area contributed by atoms with Gasteiger partial charge in [-0.25, -0.2) is 9.59 Å². The number of furan rings is 1. The molecule has 0 bridgehead atoms. The van der Waals surface area contributed by atoms with E-state index in [9.17, 15) is 24.0 Å². The third kappa shape index (κ3) is 4.28. The van der Waals surface area contributed by atoms with Crippen molar-refractivity contribution in [1.29, 1.82) is 0 Å². The van der Waals surface area contributed by atoms with Gasteiger partial charge in [0.25, 0.3) is 0 Å². The molecule has 0 N–H and O–H groups in total. The summed E-state index contributed by atoms with van der Waals surface area (Å²) in [5.41, 5.74) is -4.51. The number of hydrogen-bond donors (Lipinski definition) is 0. The monoisotopic (exact) mass is 698 g/mol. The predicted molar refractivity (Wildman–Crippen MR) is 169 cm³/mol. The number of fused-ring (bicyclic) bond motifs is 2. The Morgan fingerprint density at radius 3 is 2.16 bits per heavy atom. The van der Waals surface area contributed by atoms with Crippen molar-refractivity contribution in [1.82, 2.24) is 0 Å². The van der Waals surface area contributed by atoms with Gasteiger partial charge >= 0.3 is 29.8 Å². The van der Waals surface area contributed by atoms with Gasteiger partial charge in [0.1, 0.15) is 36.1 Å². The molecule has 3 aliphatic heterocycles. The van der Waals surface area contributed by atoms with Crippen LogP contribution in [0.3, 0.4) is 0 Å². The van der Waals surface area contributed by atoms with Crippen LogP contribution >= 0.6 is 0 Å². The number of cyclic esters (lactones) is 1. The molecule has 6 aliphatic rings. The fraction of sp³-hybridized carbons (Fsp3) is 0.703. The van der Waals surface area contributed by atoms with E-state index in [4.69, 9.17) is 37.6 Å². The Kier molecular flexibility index (Phi) is 7.74. The maximum Gasteiger partial charge on any atom is 0.339 e. The Morgan fingerprint density at radius 2 is 1.56 bits per heavy atom. The Labute approximate surface area is 290 Å². The van der Waals surface area contributed by atoms with Crippen molar-refractivity contribution in [2.75, 3.05) is 6.61 Å². The largest absolute Gasteiger partial charge is 0.472 e. The van der Waals surface area contributed by atoms with Crippen molar-refractivity contribution in [3.05, 3.63) is 35.8 Å². The van der Waals surface area contributed by atoms with Crippen molar-refractivity contribution in [2.24, 2.45) is 33.5 Å². The average Bonchev–Trinajstić information content (AvgIpc) is 3.40. The molecule has 14 atom stereocenters. The van der Waals surface area contributed by atoms with Gasteiger partial charge in [-0.05, 0) is 26.3 Å². The van der Waals surface area contributed by atoms with Gasteiger partial charge in [0.05, 0.1) is 25.2 Å². The number of hydrogen-bond acceptors (Lipinski definition) is 13. The fourth-order valence-corrected chi connectivity index (χ4v) is 11.7. The lowest BCUT2D eigenvalue weighted by Crippen LogP contribution is -2.81. The predicted octanol–water partition coefficient (Wildman–Crippen LogP) is 4.17. The zero-order valence-corrected chi connectivity index (χ0v) is 29.9. The SMILES string of the molecule is CC=C(C)C(=O)O[C@@H]1C[C@H](OC(C)=O)[C@]2(C)[C@H]3[C@@H](OC(C)=O)C[C@@]4(C)[C@H](c5ccoc5)OC(=O)[C@H]5O[C@]54[C@]3(C)[C@H](OC(C)=O)[C@@H]3OC[C@@]1(C)[C@H]32. The van der Waals surface area contributed by atoms with Crippen molar-refractivity contribution >= 4 is 29.8 Å². The van der Waals surface area contributed by atoms with Gasteiger partial charge in [-0.1, -0.05) is 33.8 Å². The molecular formula is C37H46O13. The number of esters is 5. The number of ether oxygens (including phenoxy) is 7. The van der Waals surface area contributed by atoms with Crippen LogP contribution in [-0.2, 0) is 57.1 Å². The molecule has 3 saturated heterocycles. The topological polar surface area (TPSA) is 166 Å². The molecule has 3 saturated carbocycles. The third-order valence-electron chi connectivity index (χ3n) is 13.4. The first-order chi connectivity index (χ1) is 23.4. The van der Waals surface area contributed by atoms with Crippen LogP contribution in [0.5, 0.6) is 0 Å². The maximum absolute atomic E-state index is 13.8. The van der Waals surface area contributed by atoms with Gasteiger partial charge in [0.2, 0.25) is 0 Å². The molecule has 1 aromatic heterocycles. The summed E-state index contributed by atoms with van der Waals surface area (Å²) in [7, 11) is 0. The Morgan fingerprint density at radius 1 is 0.880 bits per heavy atom. The van der Waals surface area contributed by atoms with Crippen molar-refractivity contribution in [3.8, 4) is 0 Å². The van der Waals surface area contributed by atoms with Crippen LogP contribution in [-0.4, -0.2) is 78.7 Å². The minimum Gasteiger partial charge on any atom is -0.472 e. The summed E-state index contributed by atoms with van der Waals surface area (Å²) in [6.45, 7) is 15.3. The summed E-state index contributed by atoms with van der Waals surface area (Å²) in [5, 5.41) is 0. The molecular weight excluding hydrogens is 652 g/mol. The molecule has 7 rings (SSSR count). The Balaban J connectivity index is 1.48. The first kappa shape index (κ1) is 34.7. The zero-order chi connectivity index (χ0) is 36.3. The smallest absolute Gasteiger partial charge is 0.339 e. The van der Waals surface area contributed by atoms with Crippen molar-refractivity contribution < 1.29 is 61.5 Å². The lowest BCUT2D eigenvalue weighted by atomic mass is 9.33. The van der Waals surface area contributed by atoms with E-state index in [-0.39, 0.29) is 19.4 Å². The molecule has 13 nitrogen and oxygen atoms in total. The van der Waals surface area contributed by atoms with Crippen LogP contribution < -0.4 is 0 Å². The average molecular weight is 699 g/mol. The minimum absolute atomic E-state index is 0.130. The van der Waals surface area contributed by atoms with E-state index in [0.717, 1.165) is 0 Å². The van der Waals surface area contributed by atoms with Gasteiger partial charge < -0.3 is 37.6 Å². The molecule has 3 aliphatic carbocycles. The highest BCUT2D eigenvalue weighted by atomic mass is 16.7. The third-order valence-corrected chi connectivity index (χ3v) is 13.4. The molecule has 0 radical (unpaired) electrons. The molecule has 50 heavy (non-hydrogen) atoms. The van der Waals surface area contributed by atoms with Gasteiger partial charge in [0.15, 0.2) is 6.10 Å². The summed E-state index contributed by atoms with van der Waals surface area (Å²) in [5.74, 6) is -4.00. The van der Waals surface area contributed by atoms with Gasteiger partial charge in [-0.15, -0.1) is 0 Å².